The summed E-state index contributed by atoms with van der Waals surface area (Å²) in [6.45, 7) is 2.91. The highest BCUT2D eigenvalue weighted by Crippen LogP contribution is 2.25. The van der Waals surface area contributed by atoms with Gasteiger partial charge in [-0.15, -0.1) is 0 Å². The van der Waals surface area contributed by atoms with Crippen molar-refractivity contribution in [2.24, 2.45) is 0 Å². The van der Waals surface area contributed by atoms with E-state index in [0.29, 0.717) is 49.3 Å². The van der Waals surface area contributed by atoms with Gasteiger partial charge in [-0.05, 0) is 30.3 Å². The highest BCUT2D eigenvalue weighted by Gasteiger charge is 2.25. The summed E-state index contributed by atoms with van der Waals surface area (Å²) in [5.41, 5.74) is 0.815. The predicted octanol–water partition coefficient (Wildman–Crippen LogP) is 2.67. The van der Waals surface area contributed by atoms with Gasteiger partial charge in [0.05, 0.1) is 23.5 Å². The van der Waals surface area contributed by atoms with Gasteiger partial charge in [0.2, 0.25) is 0 Å². The van der Waals surface area contributed by atoms with Gasteiger partial charge in [0.25, 0.3) is 11.8 Å². The molecule has 0 N–H and O–H groups in total. The maximum Gasteiger partial charge on any atom is 0.324 e. The predicted molar refractivity (Wildman–Crippen MR) is 108 cm³/mol. The SMILES string of the molecule is COc1ccc(-c2nc(CN3CCN(C(=O)c4ccc([N+](=O)[O-])s4)CC3)no2)cc1. The first-order valence-corrected chi connectivity index (χ1v) is 10.1. The first-order valence-electron chi connectivity index (χ1n) is 9.26. The van der Waals surface area contributed by atoms with Gasteiger partial charge >= 0.3 is 5.00 Å². The quantitative estimate of drug-likeness (QED) is 0.434. The Bertz CT molecular complexity index is 1040. The van der Waals surface area contributed by atoms with E-state index in [1.165, 1.54) is 12.1 Å². The zero-order valence-corrected chi connectivity index (χ0v) is 17.0. The maximum absolute atomic E-state index is 12.6. The molecule has 4 rings (SSSR count). The number of aromatic nitrogens is 2. The minimum Gasteiger partial charge on any atom is -0.497 e. The number of ether oxygens (including phenoxy) is 1. The second kappa shape index (κ2) is 8.59. The fourth-order valence-corrected chi connectivity index (χ4v) is 3.96. The number of thiophene rings is 1. The Hall–Kier alpha value is -3.31. The van der Waals surface area contributed by atoms with Gasteiger partial charge in [0, 0.05) is 37.8 Å². The van der Waals surface area contributed by atoms with E-state index in [-0.39, 0.29) is 10.9 Å². The van der Waals surface area contributed by atoms with Crippen LogP contribution in [0.4, 0.5) is 5.00 Å². The van der Waals surface area contributed by atoms with Gasteiger partial charge in [-0.25, -0.2) is 0 Å². The van der Waals surface area contributed by atoms with E-state index < -0.39 is 4.92 Å². The minimum atomic E-state index is -0.482. The second-order valence-corrected chi connectivity index (χ2v) is 7.77. The summed E-state index contributed by atoms with van der Waals surface area (Å²) in [7, 11) is 1.61. The smallest absolute Gasteiger partial charge is 0.324 e. The van der Waals surface area contributed by atoms with Crippen LogP contribution in [0, 0.1) is 10.1 Å². The van der Waals surface area contributed by atoms with E-state index in [2.05, 4.69) is 15.0 Å². The molecule has 1 saturated heterocycles. The van der Waals surface area contributed by atoms with Crippen LogP contribution in [-0.2, 0) is 6.54 Å². The molecule has 1 fully saturated rings. The third-order valence-corrected chi connectivity index (χ3v) is 5.84. The molecule has 0 saturated carbocycles. The van der Waals surface area contributed by atoms with Crippen molar-refractivity contribution in [3.63, 3.8) is 0 Å². The highest BCUT2D eigenvalue weighted by molar-refractivity contribution is 7.17. The molecule has 3 aromatic rings. The molecule has 10 nitrogen and oxygen atoms in total. The lowest BCUT2D eigenvalue weighted by molar-refractivity contribution is -0.380. The van der Waals surface area contributed by atoms with Crippen LogP contribution in [0.1, 0.15) is 15.5 Å². The van der Waals surface area contributed by atoms with Gasteiger partial charge in [0.15, 0.2) is 5.82 Å². The van der Waals surface area contributed by atoms with Crippen LogP contribution < -0.4 is 4.74 Å². The Morgan fingerprint density at radius 1 is 1.20 bits per heavy atom. The second-order valence-electron chi connectivity index (χ2n) is 6.71. The third-order valence-electron chi connectivity index (χ3n) is 4.81. The lowest BCUT2D eigenvalue weighted by Gasteiger charge is -2.33. The van der Waals surface area contributed by atoms with Gasteiger partial charge < -0.3 is 14.2 Å². The summed E-state index contributed by atoms with van der Waals surface area (Å²) in [5.74, 6) is 1.60. The number of nitrogens with zero attached hydrogens (tertiary/aromatic N) is 5. The molecule has 0 spiro atoms. The van der Waals surface area contributed by atoms with Gasteiger partial charge in [-0.2, -0.15) is 4.98 Å². The number of rotatable bonds is 6. The summed E-state index contributed by atoms with van der Waals surface area (Å²) < 4.78 is 10.5. The van der Waals surface area contributed by atoms with Crippen LogP contribution in [0.5, 0.6) is 5.75 Å². The molecule has 156 valence electrons. The number of amides is 1. The van der Waals surface area contributed by atoms with Crippen molar-refractivity contribution >= 4 is 22.2 Å². The third kappa shape index (κ3) is 4.31. The van der Waals surface area contributed by atoms with Crippen LogP contribution in [0.25, 0.3) is 11.5 Å². The number of carbonyl (C=O) groups excluding carboxylic acids is 1. The summed E-state index contributed by atoms with van der Waals surface area (Å²) >= 11 is 0.905. The monoisotopic (exact) mass is 429 g/mol. The Kier molecular flexibility index (Phi) is 5.72. The molecule has 0 radical (unpaired) electrons. The molecule has 0 unspecified atom stereocenters. The van der Waals surface area contributed by atoms with Gasteiger partial charge in [-0.1, -0.05) is 16.5 Å². The molecule has 11 heteroatoms. The van der Waals surface area contributed by atoms with Crippen molar-refractivity contribution in [1.29, 1.82) is 0 Å². The molecule has 3 heterocycles. The molecule has 0 bridgehead atoms. The molecule has 1 amide bonds. The molecule has 1 aliphatic heterocycles. The first kappa shape index (κ1) is 20.0. The number of piperazine rings is 1. The molecule has 2 aromatic heterocycles. The Balaban J connectivity index is 1.32. The van der Waals surface area contributed by atoms with E-state index in [1.54, 1.807) is 12.0 Å². The summed E-state index contributed by atoms with van der Waals surface area (Å²) in [6.07, 6.45) is 0. The van der Waals surface area contributed by atoms with Crippen molar-refractivity contribution in [3.05, 3.63) is 57.2 Å². The van der Waals surface area contributed by atoms with Crippen molar-refractivity contribution in [2.45, 2.75) is 6.54 Å². The summed E-state index contributed by atoms with van der Waals surface area (Å²) in [6, 6.07) is 10.3. The van der Waals surface area contributed by atoms with E-state index >= 15 is 0 Å². The van der Waals surface area contributed by atoms with Gasteiger partial charge in [0.1, 0.15) is 5.75 Å². The van der Waals surface area contributed by atoms with Crippen LogP contribution in [-0.4, -0.2) is 64.1 Å². The number of nitro groups is 1. The number of hydrogen-bond acceptors (Lipinski definition) is 9. The lowest BCUT2D eigenvalue weighted by atomic mass is 10.2. The molecule has 0 atom stereocenters. The number of benzene rings is 1. The standard InChI is InChI=1S/C19H19N5O5S/c1-28-14-4-2-13(3-5-14)18-20-16(21-29-18)12-22-8-10-23(11-9-22)19(25)15-6-7-17(30-15)24(26)27/h2-7H,8-12H2,1H3. The average Bonchev–Trinajstić information content (AvgIpc) is 3.44. The Morgan fingerprint density at radius 2 is 1.93 bits per heavy atom. The highest BCUT2D eigenvalue weighted by atomic mass is 32.1. The molecular formula is C19H19N5O5S. The van der Waals surface area contributed by atoms with Crippen LogP contribution in [0.15, 0.2) is 40.9 Å². The lowest BCUT2D eigenvalue weighted by Crippen LogP contribution is -2.48. The molecule has 0 aliphatic carbocycles. The molecule has 1 aliphatic rings. The fraction of sp³-hybridized carbons (Fsp3) is 0.316. The normalized spacial score (nSPS) is 14.6. The summed E-state index contributed by atoms with van der Waals surface area (Å²) in [4.78, 5) is 31.6. The van der Waals surface area contributed by atoms with Crippen molar-refractivity contribution in [2.75, 3.05) is 33.3 Å². The first-order chi connectivity index (χ1) is 14.5. The van der Waals surface area contributed by atoms with Crippen molar-refractivity contribution in [1.82, 2.24) is 19.9 Å². The van der Waals surface area contributed by atoms with E-state index in [9.17, 15) is 14.9 Å². The average molecular weight is 429 g/mol. The zero-order chi connectivity index (χ0) is 21.1. The van der Waals surface area contributed by atoms with Crippen molar-refractivity contribution < 1.29 is 19.0 Å². The topological polar surface area (TPSA) is 115 Å². The fourth-order valence-electron chi connectivity index (χ4n) is 3.17. The molecular weight excluding hydrogens is 410 g/mol. The Labute approximate surface area is 175 Å². The number of methoxy groups -OCH3 is 1. The number of carbonyl (C=O) groups is 1. The van der Waals surface area contributed by atoms with Gasteiger partial charge in [-0.3, -0.25) is 19.8 Å². The Morgan fingerprint density at radius 3 is 2.57 bits per heavy atom. The minimum absolute atomic E-state index is 0.0262. The largest absolute Gasteiger partial charge is 0.497 e. The molecule has 1 aromatic carbocycles. The van der Waals surface area contributed by atoms with Crippen molar-refractivity contribution in [3.8, 4) is 17.2 Å². The van der Waals surface area contributed by atoms with E-state index in [0.717, 1.165) is 22.6 Å². The molecule has 30 heavy (non-hydrogen) atoms. The van der Waals surface area contributed by atoms with E-state index in [1.807, 2.05) is 24.3 Å². The number of hydrogen-bond donors (Lipinski definition) is 0. The summed E-state index contributed by atoms with van der Waals surface area (Å²) in [5, 5.41) is 14.8. The van der Waals surface area contributed by atoms with Crippen LogP contribution in [0.3, 0.4) is 0 Å². The maximum atomic E-state index is 12.6. The van der Waals surface area contributed by atoms with Crippen LogP contribution in [0.2, 0.25) is 0 Å². The zero-order valence-electron chi connectivity index (χ0n) is 16.2. The van der Waals surface area contributed by atoms with Crippen LogP contribution >= 0.6 is 11.3 Å². The van der Waals surface area contributed by atoms with E-state index in [4.69, 9.17) is 9.26 Å².